The molecule has 78 valence electrons. The third kappa shape index (κ3) is 2.67. The van der Waals surface area contributed by atoms with Crippen LogP contribution in [0.4, 0.5) is 4.39 Å². The summed E-state index contributed by atoms with van der Waals surface area (Å²) in [5.41, 5.74) is 1.72. The Labute approximate surface area is 97.8 Å². The zero-order valence-corrected chi connectivity index (χ0v) is 10.8. The van der Waals surface area contributed by atoms with Crippen molar-refractivity contribution in [2.24, 2.45) is 0 Å². The van der Waals surface area contributed by atoms with Gasteiger partial charge < -0.3 is 4.74 Å². The van der Waals surface area contributed by atoms with Gasteiger partial charge in [-0.3, -0.25) is 0 Å². The molecule has 0 N–H and O–H groups in total. The molecule has 0 aliphatic heterocycles. The van der Waals surface area contributed by atoms with Crippen molar-refractivity contribution in [3.05, 3.63) is 32.6 Å². The van der Waals surface area contributed by atoms with Crippen LogP contribution in [0.25, 0.3) is 0 Å². The molecule has 3 heteroatoms. The molecule has 0 bridgehead atoms. The van der Waals surface area contributed by atoms with Gasteiger partial charge in [0.2, 0.25) is 0 Å². The van der Waals surface area contributed by atoms with Crippen molar-refractivity contribution in [2.45, 2.75) is 26.4 Å². The largest absolute Gasteiger partial charge is 0.380 e. The van der Waals surface area contributed by atoms with Gasteiger partial charge in [0.1, 0.15) is 5.82 Å². The normalized spacial score (nSPS) is 11.0. The minimum Gasteiger partial charge on any atom is -0.380 e. The van der Waals surface area contributed by atoms with Crippen molar-refractivity contribution < 1.29 is 9.13 Å². The van der Waals surface area contributed by atoms with Crippen LogP contribution in [-0.2, 0) is 11.3 Å². The van der Waals surface area contributed by atoms with E-state index in [2.05, 4.69) is 22.6 Å². The van der Waals surface area contributed by atoms with Gasteiger partial charge in [-0.25, -0.2) is 4.39 Å². The molecule has 14 heavy (non-hydrogen) atoms. The van der Waals surface area contributed by atoms with Crippen LogP contribution in [0, 0.1) is 9.39 Å². The molecule has 0 aliphatic carbocycles. The number of benzene rings is 1. The fourth-order valence-electron chi connectivity index (χ4n) is 1.56. The van der Waals surface area contributed by atoms with Crippen molar-refractivity contribution in [2.75, 3.05) is 7.11 Å². The van der Waals surface area contributed by atoms with Gasteiger partial charge in [-0.05, 0) is 51.8 Å². The highest BCUT2D eigenvalue weighted by molar-refractivity contribution is 14.1. The van der Waals surface area contributed by atoms with E-state index >= 15 is 0 Å². The first kappa shape index (κ1) is 11.9. The molecule has 0 radical (unpaired) electrons. The molecular weight excluding hydrogens is 294 g/mol. The number of methoxy groups -OCH3 is 1. The molecule has 1 rings (SSSR count). The molecule has 0 fully saturated rings. The molecule has 1 nitrogen and oxygen atoms in total. The van der Waals surface area contributed by atoms with Gasteiger partial charge in [0, 0.05) is 10.7 Å². The number of halogens is 2. The summed E-state index contributed by atoms with van der Waals surface area (Å²) >= 11 is 2.12. The van der Waals surface area contributed by atoms with Crippen LogP contribution in [0.5, 0.6) is 0 Å². The van der Waals surface area contributed by atoms with Gasteiger partial charge in [0.25, 0.3) is 0 Å². The van der Waals surface area contributed by atoms with Gasteiger partial charge >= 0.3 is 0 Å². The van der Waals surface area contributed by atoms with E-state index in [1.807, 2.05) is 19.9 Å². The number of hydrogen-bond donors (Lipinski definition) is 0. The Bertz CT molecular complexity index is 323. The van der Waals surface area contributed by atoms with Gasteiger partial charge in [0.05, 0.1) is 6.61 Å². The maximum absolute atomic E-state index is 13.6. The fourth-order valence-corrected chi connectivity index (χ4v) is 2.21. The molecule has 0 amide bonds. The van der Waals surface area contributed by atoms with E-state index in [1.54, 1.807) is 13.2 Å². The highest BCUT2D eigenvalue weighted by Gasteiger charge is 2.13. The second kappa shape index (κ2) is 5.07. The highest BCUT2D eigenvalue weighted by atomic mass is 127. The number of hydrogen-bond acceptors (Lipinski definition) is 1. The van der Waals surface area contributed by atoms with Gasteiger partial charge in [-0.2, -0.15) is 0 Å². The Morgan fingerprint density at radius 1 is 1.43 bits per heavy atom. The Hall–Kier alpha value is -0.160. The van der Waals surface area contributed by atoms with Crippen LogP contribution in [0.3, 0.4) is 0 Å². The topological polar surface area (TPSA) is 9.23 Å². The second-order valence-electron chi connectivity index (χ2n) is 3.55. The average Bonchev–Trinajstić information content (AvgIpc) is 2.01. The molecule has 1 aromatic carbocycles. The predicted molar refractivity (Wildman–Crippen MR) is 63.9 cm³/mol. The van der Waals surface area contributed by atoms with E-state index in [9.17, 15) is 4.39 Å². The maximum atomic E-state index is 13.6. The molecule has 0 saturated heterocycles. The van der Waals surface area contributed by atoms with Gasteiger partial charge in [-0.1, -0.05) is 13.8 Å². The molecular formula is C11H14FIO. The summed E-state index contributed by atoms with van der Waals surface area (Å²) < 4.78 is 19.6. The second-order valence-corrected chi connectivity index (χ2v) is 4.79. The molecule has 0 heterocycles. The first-order chi connectivity index (χ1) is 6.56. The minimum atomic E-state index is -0.126. The smallest absolute Gasteiger partial charge is 0.128 e. The van der Waals surface area contributed by atoms with E-state index < -0.39 is 0 Å². The SMILES string of the molecule is COCc1cc(I)cc(F)c1C(C)C. The molecule has 0 saturated carbocycles. The van der Waals surface area contributed by atoms with Crippen molar-refractivity contribution in [1.82, 2.24) is 0 Å². The summed E-state index contributed by atoms with van der Waals surface area (Å²) in [6.07, 6.45) is 0. The van der Waals surface area contributed by atoms with Crippen LogP contribution >= 0.6 is 22.6 Å². The lowest BCUT2D eigenvalue weighted by Crippen LogP contribution is -2.02. The Balaban J connectivity index is 3.21. The highest BCUT2D eigenvalue weighted by Crippen LogP contribution is 2.25. The monoisotopic (exact) mass is 308 g/mol. The average molecular weight is 308 g/mol. The molecule has 0 spiro atoms. The summed E-state index contributed by atoms with van der Waals surface area (Å²) in [6, 6.07) is 3.54. The lowest BCUT2D eigenvalue weighted by atomic mass is 9.97. The fraction of sp³-hybridized carbons (Fsp3) is 0.455. The first-order valence-corrected chi connectivity index (χ1v) is 5.61. The third-order valence-corrected chi connectivity index (χ3v) is 2.68. The van der Waals surface area contributed by atoms with Crippen LogP contribution in [0.2, 0.25) is 0 Å². The Morgan fingerprint density at radius 2 is 2.07 bits per heavy atom. The van der Waals surface area contributed by atoms with Crippen LogP contribution < -0.4 is 0 Å². The van der Waals surface area contributed by atoms with Crippen molar-refractivity contribution >= 4 is 22.6 Å². The number of ether oxygens (including phenoxy) is 1. The van der Waals surface area contributed by atoms with E-state index in [-0.39, 0.29) is 11.7 Å². The maximum Gasteiger partial charge on any atom is 0.128 e. The van der Waals surface area contributed by atoms with Crippen LogP contribution in [0.15, 0.2) is 12.1 Å². The Morgan fingerprint density at radius 3 is 2.57 bits per heavy atom. The van der Waals surface area contributed by atoms with Gasteiger partial charge in [0.15, 0.2) is 0 Å². The zero-order chi connectivity index (χ0) is 10.7. The van der Waals surface area contributed by atoms with Crippen molar-refractivity contribution in [3.8, 4) is 0 Å². The van der Waals surface area contributed by atoms with E-state index in [0.29, 0.717) is 6.61 Å². The lowest BCUT2D eigenvalue weighted by molar-refractivity contribution is 0.183. The standard InChI is InChI=1S/C11H14FIO/c1-7(2)11-8(6-14-3)4-9(13)5-10(11)12/h4-5,7H,6H2,1-3H3. The third-order valence-electron chi connectivity index (χ3n) is 2.06. The summed E-state index contributed by atoms with van der Waals surface area (Å²) in [6.45, 7) is 4.45. The number of rotatable bonds is 3. The molecule has 0 atom stereocenters. The van der Waals surface area contributed by atoms with Crippen molar-refractivity contribution in [1.29, 1.82) is 0 Å². The summed E-state index contributed by atoms with van der Waals surface area (Å²) in [5, 5.41) is 0. The summed E-state index contributed by atoms with van der Waals surface area (Å²) in [5.74, 6) is 0.0658. The molecule has 0 unspecified atom stereocenters. The van der Waals surface area contributed by atoms with Gasteiger partial charge in [-0.15, -0.1) is 0 Å². The first-order valence-electron chi connectivity index (χ1n) is 4.53. The van der Waals surface area contributed by atoms with Crippen LogP contribution in [-0.4, -0.2) is 7.11 Å². The molecule has 0 aliphatic rings. The minimum absolute atomic E-state index is 0.126. The van der Waals surface area contributed by atoms with Crippen molar-refractivity contribution in [3.63, 3.8) is 0 Å². The summed E-state index contributed by atoms with van der Waals surface area (Å²) in [7, 11) is 1.63. The Kier molecular flexibility index (Phi) is 4.31. The quantitative estimate of drug-likeness (QED) is 0.774. The predicted octanol–water partition coefficient (Wildman–Crippen LogP) is 3.70. The molecule has 1 aromatic rings. The lowest BCUT2D eigenvalue weighted by Gasteiger charge is -2.13. The van der Waals surface area contributed by atoms with Crippen LogP contribution in [0.1, 0.15) is 30.9 Å². The zero-order valence-electron chi connectivity index (χ0n) is 8.60. The van der Waals surface area contributed by atoms with E-state index in [0.717, 1.165) is 14.7 Å². The van der Waals surface area contributed by atoms with E-state index in [1.165, 1.54) is 0 Å². The van der Waals surface area contributed by atoms with E-state index in [4.69, 9.17) is 4.74 Å². The summed E-state index contributed by atoms with van der Waals surface area (Å²) in [4.78, 5) is 0. The molecule has 0 aromatic heterocycles.